The van der Waals surface area contributed by atoms with Gasteiger partial charge in [0, 0.05) is 13.6 Å². The Hall–Kier alpha value is -3.94. The molecule has 4 aromatic rings. The summed E-state index contributed by atoms with van der Waals surface area (Å²) in [4.78, 5) is 28.6. The van der Waals surface area contributed by atoms with Crippen molar-refractivity contribution >= 4 is 28.7 Å². The number of alkyl halides is 6. The first kappa shape index (κ1) is 26.1. The van der Waals surface area contributed by atoms with Gasteiger partial charge in [0.1, 0.15) is 17.2 Å². The molecule has 0 radical (unpaired) electrons. The van der Waals surface area contributed by atoms with Crippen LogP contribution in [-0.4, -0.2) is 17.2 Å². The van der Waals surface area contributed by atoms with Gasteiger partial charge < -0.3 is 14.7 Å². The summed E-state index contributed by atoms with van der Waals surface area (Å²) in [7, 11) is 1.32. The van der Waals surface area contributed by atoms with E-state index in [2.05, 4.69) is 20.0 Å². The second-order valence-electron chi connectivity index (χ2n) is 7.69. The Morgan fingerprint density at radius 3 is 2.27 bits per heavy atom. The molecule has 0 bridgehead atoms. The van der Waals surface area contributed by atoms with Crippen LogP contribution in [0.25, 0.3) is 11.4 Å². The van der Waals surface area contributed by atoms with Gasteiger partial charge in [0.05, 0.1) is 21.8 Å². The summed E-state index contributed by atoms with van der Waals surface area (Å²) < 4.78 is 95.2. The second-order valence-corrected chi connectivity index (χ2v) is 8.10. The van der Waals surface area contributed by atoms with E-state index in [9.17, 15) is 40.3 Å². The maximum absolute atomic E-state index is 14.5. The van der Waals surface area contributed by atoms with Crippen LogP contribution in [0.5, 0.6) is 0 Å². The molecule has 0 fully saturated rings. The maximum Gasteiger partial charge on any atom is 0.471 e. The third-order valence-corrected chi connectivity index (χ3v) is 5.57. The zero-order valence-electron chi connectivity index (χ0n) is 18.3. The van der Waals surface area contributed by atoms with Gasteiger partial charge in [0.2, 0.25) is 5.82 Å². The van der Waals surface area contributed by atoms with Crippen molar-refractivity contribution in [3.8, 4) is 11.4 Å². The highest BCUT2D eigenvalue weighted by atomic mass is 35.5. The summed E-state index contributed by atoms with van der Waals surface area (Å²) in [6, 6.07) is 5.86. The number of anilines is 3. The highest BCUT2D eigenvalue weighted by Gasteiger charge is 2.39. The van der Waals surface area contributed by atoms with Gasteiger partial charge in [0.15, 0.2) is 0 Å². The molecule has 1 aromatic heterocycles. The fraction of sp³-hybridized carbons (Fsp3) is 0.182. The molecular formula is C22H12ClF7N4O3. The fourth-order valence-corrected chi connectivity index (χ4v) is 3.74. The quantitative estimate of drug-likeness (QED) is 0.250. The smallest absolute Gasteiger partial charge is 0.376 e. The van der Waals surface area contributed by atoms with Crippen molar-refractivity contribution in [2.24, 2.45) is 0 Å². The number of nitrogens with one attached hydrogen (secondary N) is 1. The van der Waals surface area contributed by atoms with Crippen molar-refractivity contribution in [1.82, 2.24) is 10.1 Å². The van der Waals surface area contributed by atoms with Crippen molar-refractivity contribution in [2.45, 2.75) is 18.9 Å². The van der Waals surface area contributed by atoms with E-state index in [1.807, 2.05) is 0 Å². The molecule has 3 aromatic carbocycles. The van der Waals surface area contributed by atoms with Gasteiger partial charge >= 0.3 is 18.2 Å². The zero-order valence-corrected chi connectivity index (χ0v) is 19.0. The number of aromatic nitrogens is 2. The topological polar surface area (TPSA) is 88.3 Å². The standard InChI is InChI=1S/C22H12ClF7N4O3/c1-34(14-5-3-10(7-12(14)23)21(25,26)27)16-15(17(35)18(16)36)31-8-9-2-4-11(13(24)6-9)19-32-20(37-33-19)22(28,29)30/h2-7,31H,8H2,1H3. The first-order chi connectivity index (χ1) is 17.2. The van der Waals surface area contributed by atoms with Gasteiger partial charge in [0.25, 0.3) is 10.9 Å². The van der Waals surface area contributed by atoms with E-state index >= 15 is 0 Å². The largest absolute Gasteiger partial charge is 0.471 e. The molecule has 0 aliphatic rings. The van der Waals surface area contributed by atoms with Crippen molar-refractivity contribution in [3.05, 3.63) is 84.7 Å². The number of nitrogens with zero attached hydrogens (tertiary/aromatic N) is 3. The van der Waals surface area contributed by atoms with Crippen LogP contribution in [0.15, 0.2) is 50.5 Å². The molecule has 4 rings (SSSR count). The zero-order chi connectivity index (χ0) is 27.3. The first-order valence-electron chi connectivity index (χ1n) is 10.1. The highest BCUT2D eigenvalue weighted by Crippen LogP contribution is 2.38. The van der Waals surface area contributed by atoms with Gasteiger partial charge in [-0.2, -0.15) is 31.3 Å². The third-order valence-electron chi connectivity index (χ3n) is 5.27. The third kappa shape index (κ3) is 5.01. The molecule has 194 valence electrons. The molecule has 15 heteroatoms. The SMILES string of the molecule is CN(c1ccc(C(F)(F)F)cc1Cl)c1c(NCc2ccc(-c3noc(C(F)(F)F)n3)c(F)c2)c(=O)c1=O. The van der Waals surface area contributed by atoms with E-state index in [1.165, 1.54) is 13.1 Å². The van der Waals surface area contributed by atoms with Crippen molar-refractivity contribution in [2.75, 3.05) is 17.3 Å². The monoisotopic (exact) mass is 548 g/mol. The lowest BCUT2D eigenvalue weighted by Gasteiger charge is -2.25. The van der Waals surface area contributed by atoms with Gasteiger partial charge in [-0.1, -0.05) is 22.8 Å². The van der Waals surface area contributed by atoms with Crippen LogP contribution in [0.3, 0.4) is 0 Å². The molecule has 0 amide bonds. The van der Waals surface area contributed by atoms with Crippen molar-refractivity contribution in [1.29, 1.82) is 0 Å². The lowest BCUT2D eigenvalue weighted by molar-refractivity contribution is -0.159. The Balaban J connectivity index is 1.53. The molecule has 0 aliphatic heterocycles. The van der Waals surface area contributed by atoms with E-state index in [0.717, 1.165) is 29.2 Å². The minimum Gasteiger partial charge on any atom is -0.376 e. The molecular weight excluding hydrogens is 537 g/mol. The van der Waals surface area contributed by atoms with Crippen LogP contribution >= 0.6 is 11.6 Å². The number of halogens is 8. The van der Waals surface area contributed by atoms with Crippen LogP contribution < -0.4 is 21.1 Å². The number of benzene rings is 2. The summed E-state index contributed by atoms with van der Waals surface area (Å²) in [6.45, 7) is -0.191. The predicted octanol–water partition coefficient (Wildman–Crippen LogP) is 5.54. The summed E-state index contributed by atoms with van der Waals surface area (Å²) >= 11 is 5.97. The molecule has 0 unspecified atom stereocenters. The summed E-state index contributed by atoms with van der Waals surface area (Å²) in [5.41, 5.74) is -3.29. The van der Waals surface area contributed by atoms with Crippen LogP contribution in [0.4, 0.5) is 47.8 Å². The summed E-state index contributed by atoms with van der Waals surface area (Å²) in [5.74, 6) is -3.24. The number of hydrogen-bond acceptors (Lipinski definition) is 7. The van der Waals surface area contributed by atoms with E-state index < -0.39 is 46.3 Å². The molecule has 1 heterocycles. The Kier molecular flexibility index (Phi) is 6.48. The Labute approximate surface area is 206 Å². The van der Waals surface area contributed by atoms with E-state index in [4.69, 9.17) is 11.6 Å². The molecule has 1 N–H and O–H groups in total. The fourth-order valence-electron chi connectivity index (χ4n) is 3.43. The molecule has 0 atom stereocenters. The summed E-state index contributed by atoms with van der Waals surface area (Å²) in [5, 5.41) is 5.46. The molecule has 37 heavy (non-hydrogen) atoms. The molecule has 0 saturated heterocycles. The van der Waals surface area contributed by atoms with Crippen LogP contribution in [0.1, 0.15) is 17.0 Å². The van der Waals surface area contributed by atoms with Crippen molar-refractivity contribution in [3.63, 3.8) is 0 Å². The first-order valence-corrected chi connectivity index (χ1v) is 10.4. The Morgan fingerprint density at radius 1 is 1.00 bits per heavy atom. The Bertz CT molecular complexity index is 1560. The average molecular weight is 549 g/mol. The minimum atomic E-state index is -4.90. The highest BCUT2D eigenvalue weighted by molar-refractivity contribution is 6.33. The Morgan fingerprint density at radius 2 is 1.70 bits per heavy atom. The molecule has 7 nitrogen and oxygen atoms in total. The normalized spacial score (nSPS) is 12.2. The van der Waals surface area contributed by atoms with Gasteiger partial charge in [-0.05, 0) is 35.9 Å². The number of hydrogen-bond donors (Lipinski definition) is 1. The van der Waals surface area contributed by atoms with E-state index in [0.29, 0.717) is 6.07 Å². The summed E-state index contributed by atoms with van der Waals surface area (Å²) in [6.07, 6.45) is -9.54. The van der Waals surface area contributed by atoms with Gasteiger partial charge in [-0.3, -0.25) is 9.59 Å². The lowest BCUT2D eigenvalue weighted by atomic mass is 10.1. The van der Waals surface area contributed by atoms with Crippen LogP contribution in [0, 0.1) is 5.82 Å². The van der Waals surface area contributed by atoms with Gasteiger partial charge in [-0.25, -0.2) is 4.39 Å². The molecule has 0 saturated carbocycles. The minimum absolute atomic E-state index is 0.0264. The van der Waals surface area contributed by atoms with Crippen LogP contribution in [-0.2, 0) is 18.9 Å². The van der Waals surface area contributed by atoms with E-state index in [-0.39, 0.29) is 39.8 Å². The van der Waals surface area contributed by atoms with Crippen molar-refractivity contribution < 1.29 is 35.3 Å². The maximum atomic E-state index is 14.5. The van der Waals surface area contributed by atoms with Crippen LogP contribution in [0.2, 0.25) is 5.02 Å². The number of rotatable bonds is 6. The van der Waals surface area contributed by atoms with Gasteiger partial charge in [-0.15, -0.1) is 0 Å². The second kappa shape index (κ2) is 9.18. The molecule has 0 aliphatic carbocycles. The molecule has 0 spiro atoms. The average Bonchev–Trinajstić information content (AvgIpc) is 3.31. The van der Waals surface area contributed by atoms with E-state index in [1.54, 1.807) is 0 Å². The predicted molar refractivity (Wildman–Crippen MR) is 118 cm³/mol. The lowest BCUT2D eigenvalue weighted by Crippen LogP contribution is -2.39.